The Hall–Kier alpha value is -0.710. The summed E-state index contributed by atoms with van der Waals surface area (Å²) < 4.78 is 3.95. The van der Waals surface area contributed by atoms with E-state index in [2.05, 4.69) is 14.3 Å². The summed E-state index contributed by atoms with van der Waals surface area (Å²) in [6.07, 6.45) is 1.70. The van der Waals surface area contributed by atoms with Gasteiger partial charge in [0.25, 0.3) is 0 Å². The fourth-order valence-electron chi connectivity index (χ4n) is 0.864. The summed E-state index contributed by atoms with van der Waals surface area (Å²) in [5.74, 6) is 0. The summed E-state index contributed by atoms with van der Waals surface area (Å²) in [4.78, 5) is 8.69. The van der Waals surface area contributed by atoms with Crippen LogP contribution in [0.5, 0.6) is 0 Å². The standard InChI is InChI=1S/C7H3Cl2N3S/c8-6-3-4(11-7(9)12-6)5-1-2-10-13-5/h1-3H. The minimum absolute atomic E-state index is 0.149. The quantitative estimate of drug-likeness (QED) is 0.560. The number of hydrogen-bond acceptors (Lipinski definition) is 4. The first-order valence-electron chi connectivity index (χ1n) is 3.37. The molecule has 2 rings (SSSR count). The molecule has 2 aromatic heterocycles. The molecule has 6 heteroatoms. The summed E-state index contributed by atoms with van der Waals surface area (Å²) in [6, 6.07) is 3.50. The topological polar surface area (TPSA) is 38.7 Å². The number of aromatic nitrogens is 3. The van der Waals surface area contributed by atoms with Gasteiger partial charge in [-0.05, 0) is 29.2 Å². The van der Waals surface area contributed by atoms with Crippen molar-refractivity contribution in [3.05, 3.63) is 28.8 Å². The molecule has 0 N–H and O–H groups in total. The highest BCUT2D eigenvalue weighted by molar-refractivity contribution is 7.09. The van der Waals surface area contributed by atoms with Crippen LogP contribution in [0.25, 0.3) is 10.6 Å². The minimum Gasteiger partial charge on any atom is -0.217 e. The largest absolute Gasteiger partial charge is 0.224 e. The van der Waals surface area contributed by atoms with E-state index in [4.69, 9.17) is 23.2 Å². The van der Waals surface area contributed by atoms with Crippen LogP contribution in [-0.2, 0) is 0 Å². The number of hydrogen-bond donors (Lipinski definition) is 0. The van der Waals surface area contributed by atoms with Crippen LogP contribution < -0.4 is 0 Å². The van der Waals surface area contributed by atoms with Gasteiger partial charge in [0.05, 0.1) is 10.6 Å². The van der Waals surface area contributed by atoms with Crippen molar-refractivity contribution < 1.29 is 0 Å². The lowest BCUT2D eigenvalue weighted by Crippen LogP contribution is -1.85. The van der Waals surface area contributed by atoms with Crippen molar-refractivity contribution in [2.24, 2.45) is 0 Å². The molecule has 0 fully saturated rings. The maximum absolute atomic E-state index is 5.72. The number of rotatable bonds is 1. The van der Waals surface area contributed by atoms with Crippen LogP contribution in [0.15, 0.2) is 18.3 Å². The second-order valence-corrected chi connectivity index (χ2v) is 3.78. The summed E-state index contributed by atoms with van der Waals surface area (Å²) in [5.41, 5.74) is 0.701. The highest BCUT2D eigenvalue weighted by Gasteiger charge is 2.04. The Morgan fingerprint density at radius 1 is 1.23 bits per heavy atom. The van der Waals surface area contributed by atoms with Gasteiger partial charge in [0, 0.05) is 12.3 Å². The van der Waals surface area contributed by atoms with Crippen LogP contribution in [0.3, 0.4) is 0 Å². The third kappa shape index (κ3) is 1.96. The summed E-state index contributed by atoms with van der Waals surface area (Å²) in [5, 5.41) is 0.485. The van der Waals surface area contributed by atoms with Crippen LogP contribution in [0, 0.1) is 0 Å². The SMILES string of the molecule is Clc1cc(-c2ccns2)nc(Cl)n1. The van der Waals surface area contributed by atoms with Gasteiger partial charge in [0.1, 0.15) is 5.15 Å². The van der Waals surface area contributed by atoms with Crippen molar-refractivity contribution in [3.8, 4) is 10.6 Å². The molecule has 0 aliphatic rings. The lowest BCUT2D eigenvalue weighted by Gasteiger charge is -1.96. The summed E-state index contributed by atoms with van der Waals surface area (Å²) >= 11 is 12.7. The lowest BCUT2D eigenvalue weighted by molar-refractivity contribution is 1.18. The molecule has 0 spiro atoms. The van der Waals surface area contributed by atoms with Crippen molar-refractivity contribution in [1.29, 1.82) is 0 Å². The predicted octanol–water partition coefficient (Wildman–Crippen LogP) is 2.91. The van der Waals surface area contributed by atoms with Gasteiger partial charge in [-0.15, -0.1) is 0 Å². The lowest BCUT2D eigenvalue weighted by atomic mass is 10.3. The molecule has 0 aliphatic carbocycles. The third-order valence-corrected chi connectivity index (χ3v) is 2.49. The van der Waals surface area contributed by atoms with E-state index < -0.39 is 0 Å². The second-order valence-electron chi connectivity index (χ2n) is 2.22. The van der Waals surface area contributed by atoms with Crippen LogP contribution in [0.1, 0.15) is 0 Å². The molecule has 66 valence electrons. The Balaban J connectivity index is 2.53. The molecular weight excluding hydrogens is 229 g/mol. The molecule has 0 saturated heterocycles. The molecule has 0 atom stereocenters. The van der Waals surface area contributed by atoms with E-state index in [1.54, 1.807) is 12.3 Å². The van der Waals surface area contributed by atoms with Crippen LogP contribution in [0.4, 0.5) is 0 Å². The molecule has 3 nitrogen and oxygen atoms in total. The first kappa shape index (κ1) is 8.87. The molecule has 0 amide bonds. The Morgan fingerprint density at radius 2 is 2.08 bits per heavy atom. The molecule has 0 bridgehead atoms. The maximum Gasteiger partial charge on any atom is 0.224 e. The molecule has 0 saturated carbocycles. The normalized spacial score (nSPS) is 10.3. The Morgan fingerprint density at radius 3 is 2.69 bits per heavy atom. The molecule has 0 unspecified atom stereocenters. The van der Waals surface area contributed by atoms with Gasteiger partial charge in [-0.3, -0.25) is 0 Å². The number of halogens is 2. The Labute approximate surface area is 88.5 Å². The predicted molar refractivity (Wildman–Crippen MR) is 53.2 cm³/mol. The van der Waals surface area contributed by atoms with E-state index in [-0.39, 0.29) is 5.28 Å². The smallest absolute Gasteiger partial charge is 0.217 e. The second kappa shape index (κ2) is 3.57. The van der Waals surface area contributed by atoms with Gasteiger partial charge < -0.3 is 0 Å². The van der Waals surface area contributed by atoms with Gasteiger partial charge in [0.2, 0.25) is 5.28 Å². The van der Waals surface area contributed by atoms with Gasteiger partial charge in [-0.2, -0.15) is 0 Å². The average Bonchev–Trinajstić information content (AvgIpc) is 2.53. The zero-order valence-corrected chi connectivity index (χ0v) is 8.57. The fraction of sp³-hybridized carbons (Fsp3) is 0. The van der Waals surface area contributed by atoms with Crippen molar-refractivity contribution in [2.45, 2.75) is 0 Å². The molecule has 0 aromatic carbocycles. The highest BCUT2D eigenvalue weighted by atomic mass is 35.5. The van der Waals surface area contributed by atoms with Gasteiger partial charge in [-0.25, -0.2) is 14.3 Å². The minimum atomic E-state index is 0.149. The van der Waals surface area contributed by atoms with E-state index >= 15 is 0 Å². The van der Waals surface area contributed by atoms with Crippen molar-refractivity contribution in [2.75, 3.05) is 0 Å². The fourth-order valence-corrected chi connectivity index (χ4v) is 1.83. The van der Waals surface area contributed by atoms with E-state index in [1.807, 2.05) is 6.07 Å². The number of nitrogens with zero attached hydrogens (tertiary/aromatic N) is 3. The molecule has 13 heavy (non-hydrogen) atoms. The molecule has 0 aliphatic heterocycles. The first-order chi connectivity index (χ1) is 6.25. The van der Waals surface area contributed by atoms with Crippen molar-refractivity contribution >= 4 is 34.7 Å². The van der Waals surface area contributed by atoms with Crippen LogP contribution in [-0.4, -0.2) is 14.3 Å². The molecular formula is C7H3Cl2N3S. The van der Waals surface area contributed by atoms with Crippen molar-refractivity contribution in [1.82, 2.24) is 14.3 Å². The molecule has 2 aromatic rings. The van der Waals surface area contributed by atoms with Crippen LogP contribution in [0.2, 0.25) is 10.4 Å². The van der Waals surface area contributed by atoms with Crippen molar-refractivity contribution in [3.63, 3.8) is 0 Å². The van der Waals surface area contributed by atoms with Gasteiger partial charge >= 0.3 is 0 Å². The molecule has 0 radical (unpaired) electrons. The van der Waals surface area contributed by atoms with E-state index in [1.165, 1.54) is 11.5 Å². The third-order valence-electron chi connectivity index (χ3n) is 1.36. The van der Waals surface area contributed by atoms with Gasteiger partial charge in [-0.1, -0.05) is 11.6 Å². The monoisotopic (exact) mass is 231 g/mol. The maximum atomic E-state index is 5.72. The first-order valence-corrected chi connectivity index (χ1v) is 4.90. The van der Waals surface area contributed by atoms with Crippen LogP contribution >= 0.6 is 34.7 Å². The van der Waals surface area contributed by atoms with E-state index in [0.29, 0.717) is 10.8 Å². The van der Waals surface area contributed by atoms with E-state index in [0.717, 1.165) is 4.88 Å². The van der Waals surface area contributed by atoms with Gasteiger partial charge in [0.15, 0.2) is 0 Å². The Kier molecular flexibility index (Phi) is 2.44. The van der Waals surface area contributed by atoms with E-state index in [9.17, 15) is 0 Å². The Bertz CT molecular complexity index is 395. The zero-order chi connectivity index (χ0) is 9.26. The summed E-state index contributed by atoms with van der Waals surface area (Å²) in [6.45, 7) is 0. The summed E-state index contributed by atoms with van der Waals surface area (Å²) in [7, 11) is 0. The zero-order valence-electron chi connectivity index (χ0n) is 6.24. The average molecular weight is 232 g/mol. The molecule has 2 heterocycles. The highest BCUT2D eigenvalue weighted by Crippen LogP contribution is 2.23.